The van der Waals surface area contributed by atoms with Gasteiger partial charge in [0, 0.05) is 12.7 Å². The molecular weight excluding hydrogens is 328 g/mol. The number of rotatable bonds is 7. The molecule has 0 spiro atoms. The van der Waals surface area contributed by atoms with Crippen LogP contribution in [-0.4, -0.2) is 41.8 Å². The molecule has 7 nitrogen and oxygen atoms in total. The molecule has 0 aliphatic carbocycles. The van der Waals surface area contributed by atoms with Crippen LogP contribution in [0.5, 0.6) is 0 Å². The fourth-order valence-electron chi connectivity index (χ4n) is 2.04. The second kappa shape index (κ2) is 8.51. The number of aromatic nitrogens is 2. The van der Waals surface area contributed by atoms with Crippen molar-refractivity contribution in [3.63, 3.8) is 0 Å². The molecule has 2 aromatic rings. The second-order valence-corrected chi connectivity index (χ2v) is 6.47. The van der Waals surface area contributed by atoms with Gasteiger partial charge in [0.1, 0.15) is 17.7 Å². The third-order valence-electron chi connectivity index (χ3n) is 3.22. The molecule has 2 rings (SSSR count). The molecule has 0 bridgehead atoms. The Hall–Kier alpha value is -2.32. The normalized spacial score (nSPS) is 12.0. The summed E-state index contributed by atoms with van der Waals surface area (Å²) in [5, 5.41) is 14.5. The number of hydrogen-bond donors (Lipinski definition) is 2. The fraction of sp³-hybridized carbons (Fsp3) is 0.375. The van der Waals surface area contributed by atoms with E-state index >= 15 is 0 Å². The van der Waals surface area contributed by atoms with Gasteiger partial charge in [-0.1, -0.05) is 55.5 Å². The Morgan fingerprint density at radius 3 is 2.54 bits per heavy atom. The highest BCUT2D eigenvalue weighted by Gasteiger charge is 2.25. The molecule has 128 valence electrons. The summed E-state index contributed by atoms with van der Waals surface area (Å²) in [5.74, 6) is -0.744. The van der Waals surface area contributed by atoms with Crippen molar-refractivity contribution in [3.05, 3.63) is 30.3 Å². The van der Waals surface area contributed by atoms with Crippen molar-refractivity contribution in [3.8, 4) is 10.6 Å². The number of amides is 2. The van der Waals surface area contributed by atoms with Crippen LogP contribution in [0.15, 0.2) is 30.3 Å². The summed E-state index contributed by atoms with van der Waals surface area (Å²) < 4.78 is 4.77. The van der Waals surface area contributed by atoms with Crippen LogP contribution in [0.4, 0.5) is 5.13 Å². The van der Waals surface area contributed by atoms with Gasteiger partial charge in [-0.15, -0.1) is 10.2 Å². The summed E-state index contributed by atoms with van der Waals surface area (Å²) in [4.78, 5) is 24.1. The number of nitrogens with one attached hydrogen (secondary N) is 2. The van der Waals surface area contributed by atoms with E-state index in [1.54, 1.807) is 0 Å². The Bertz CT molecular complexity index is 688. The predicted octanol–water partition coefficient (Wildman–Crippen LogP) is 1.93. The molecule has 0 aliphatic rings. The smallest absolute Gasteiger partial charge is 0.249 e. The summed E-state index contributed by atoms with van der Waals surface area (Å²) in [5.41, 5.74) is 0.935. The number of carbonyl (C=O) groups excluding carboxylic acids is 2. The van der Waals surface area contributed by atoms with E-state index in [0.29, 0.717) is 5.13 Å². The van der Waals surface area contributed by atoms with E-state index in [9.17, 15) is 9.59 Å². The van der Waals surface area contributed by atoms with Gasteiger partial charge in [0.05, 0.1) is 0 Å². The molecule has 1 heterocycles. The monoisotopic (exact) mass is 348 g/mol. The Labute approximate surface area is 144 Å². The van der Waals surface area contributed by atoms with Crippen molar-refractivity contribution in [1.29, 1.82) is 0 Å². The molecule has 0 aliphatic heterocycles. The topological polar surface area (TPSA) is 93.2 Å². The molecule has 0 fully saturated rings. The van der Waals surface area contributed by atoms with E-state index in [1.165, 1.54) is 18.4 Å². The molecule has 8 heteroatoms. The van der Waals surface area contributed by atoms with Crippen molar-refractivity contribution in [2.45, 2.75) is 19.9 Å². The first-order valence-corrected chi connectivity index (χ1v) is 8.31. The molecule has 0 radical (unpaired) electrons. The van der Waals surface area contributed by atoms with Crippen LogP contribution in [0.3, 0.4) is 0 Å². The third kappa shape index (κ3) is 4.84. The van der Waals surface area contributed by atoms with Gasteiger partial charge in [0.2, 0.25) is 16.9 Å². The number of ether oxygens (including phenoxy) is 1. The van der Waals surface area contributed by atoms with Crippen LogP contribution >= 0.6 is 11.3 Å². The molecule has 0 unspecified atom stereocenters. The Morgan fingerprint density at radius 2 is 1.92 bits per heavy atom. The molecule has 1 aromatic carbocycles. The minimum absolute atomic E-state index is 0.0766. The minimum Gasteiger partial charge on any atom is -0.375 e. The van der Waals surface area contributed by atoms with Crippen LogP contribution in [0.1, 0.15) is 13.8 Å². The van der Waals surface area contributed by atoms with Gasteiger partial charge in [-0.2, -0.15) is 0 Å². The minimum atomic E-state index is -0.670. The molecular formula is C16H20N4O3S. The number of methoxy groups -OCH3 is 1. The van der Waals surface area contributed by atoms with E-state index in [2.05, 4.69) is 20.8 Å². The van der Waals surface area contributed by atoms with Crippen molar-refractivity contribution in [1.82, 2.24) is 15.5 Å². The lowest BCUT2D eigenvalue weighted by molar-refractivity contribution is -0.129. The highest BCUT2D eigenvalue weighted by atomic mass is 32.1. The van der Waals surface area contributed by atoms with E-state index in [4.69, 9.17) is 4.74 Å². The van der Waals surface area contributed by atoms with E-state index in [0.717, 1.165) is 10.6 Å². The van der Waals surface area contributed by atoms with Crippen LogP contribution < -0.4 is 10.6 Å². The van der Waals surface area contributed by atoms with Crippen LogP contribution in [0.25, 0.3) is 10.6 Å². The van der Waals surface area contributed by atoms with Crippen molar-refractivity contribution in [2.75, 3.05) is 19.0 Å². The zero-order valence-corrected chi connectivity index (χ0v) is 14.6. The largest absolute Gasteiger partial charge is 0.375 e. The summed E-state index contributed by atoms with van der Waals surface area (Å²) in [6.45, 7) is 3.62. The van der Waals surface area contributed by atoms with Crippen LogP contribution in [0, 0.1) is 5.92 Å². The standard InChI is InChI=1S/C16H20N4O3S/c1-10(2)13(17-12(21)9-23-3)14(22)18-16-20-19-15(24-16)11-7-5-4-6-8-11/h4-8,10,13H,9H2,1-3H3,(H,17,21)(H,18,20,22)/t13-/m0/s1. The molecule has 1 aromatic heterocycles. The zero-order chi connectivity index (χ0) is 17.5. The lowest BCUT2D eigenvalue weighted by atomic mass is 10.0. The first-order valence-electron chi connectivity index (χ1n) is 7.49. The summed E-state index contributed by atoms with van der Waals surface area (Å²) in [6.07, 6.45) is 0. The van der Waals surface area contributed by atoms with Gasteiger partial charge < -0.3 is 10.1 Å². The van der Waals surface area contributed by atoms with E-state index in [1.807, 2.05) is 44.2 Å². The van der Waals surface area contributed by atoms with Crippen molar-refractivity contribution in [2.24, 2.45) is 5.92 Å². The van der Waals surface area contributed by atoms with Gasteiger partial charge >= 0.3 is 0 Å². The quantitative estimate of drug-likeness (QED) is 0.797. The number of hydrogen-bond acceptors (Lipinski definition) is 6. The number of benzene rings is 1. The molecule has 0 saturated carbocycles. The molecule has 1 atom stereocenters. The van der Waals surface area contributed by atoms with Crippen LogP contribution in [-0.2, 0) is 14.3 Å². The Balaban J connectivity index is 2.04. The van der Waals surface area contributed by atoms with E-state index in [-0.39, 0.29) is 24.3 Å². The first-order chi connectivity index (χ1) is 11.5. The highest BCUT2D eigenvalue weighted by molar-refractivity contribution is 7.18. The van der Waals surface area contributed by atoms with Crippen LogP contribution in [0.2, 0.25) is 0 Å². The molecule has 24 heavy (non-hydrogen) atoms. The SMILES string of the molecule is COCC(=O)N[C@H](C(=O)Nc1nnc(-c2ccccc2)s1)C(C)C. The third-order valence-corrected chi connectivity index (χ3v) is 4.10. The summed E-state index contributed by atoms with van der Waals surface area (Å²) in [7, 11) is 1.43. The van der Waals surface area contributed by atoms with Gasteiger partial charge in [0.15, 0.2) is 0 Å². The maximum Gasteiger partial charge on any atom is 0.249 e. The van der Waals surface area contributed by atoms with Crippen molar-refractivity contribution >= 4 is 28.3 Å². The average molecular weight is 348 g/mol. The lowest BCUT2D eigenvalue weighted by Crippen LogP contribution is -2.48. The number of anilines is 1. The second-order valence-electron chi connectivity index (χ2n) is 5.49. The molecule has 0 saturated heterocycles. The molecule has 2 amide bonds. The highest BCUT2D eigenvalue weighted by Crippen LogP contribution is 2.26. The van der Waals surface area contributed by atoms with Gasteiger partial charge in [-0.3, -0.25) is 14.9 Å². The predicted molar refractivity (Wildman–Crippen MR) is 92.6 cm³/mol. The van der Waals surface area contributed by atoms with Crippen molar-refractivity contribution < 1.29 is 14.3 Å². The zero-order valence-electron chi connectivity index (χ0n) is 13.8. The van der Waals surface area contributed by atoms with Gasteiger partial charge in [-0.25, -0.2) is 0 Å². The van der Waals surface area contributed by atoms with E-state index < -0.39 is 6.04 Å². The number of nitrogens with zero attached hydrogens (tertiary/aromatic N) is 2. The van der Waals surface area contributed by atoms with Gasteiger partial charge in [0.25, 0.3) is 0 Å². The summed E-state index contributed by atoms with van der Waals surface area (Å²) in [6, 6.07) is 8.92. The average Bonchev–Trinajstić information content (AvgIpc) is 3.02. The maximum absolute atomic E-state index is 12.4. The summed E-state index contributed by atoms with van der Waals surface area (Å²) >= 11 is 1.28. The fourth-order valence-corrected chi connectivity index (χ4v) is 2.79. The number of carbonyl (C=O) groups is 2. The molecule has 2 N–H and O–H groups in total. The van der Waals surface area contributed by atoms with Gasteiger partial charge in [-0.05, 0) is 5.92 Å². The Morgan fingerprint density at radius 1 is 1.21 bits per heavy atom. The maximum atomic E-state index is 12.4. The first kappa shape index (κ1) is 18.0. The lowest BCUT2D eigenvalue weighted by Gasteiger charge is -2.20. The Kier molecular flexibility index (Phi) is 6.39.